The summed E-state index contributed by atoms with van der Waals surface area (Å²) in [5, 5.41) is 0. The van der Waals surface area contributed by atoms with Crippen LogP contribution < -0.4 is 0 Å². The van der Waals surface area contributed by atoms with Gasteiger partial charge in [-0.3, -0.25) is 0 Å². The van der Waals surface area contributed by atoms with E-state index in [1.54, 1.807) is 0 Å². The molecule has 0 spiro atoms. The Bertz CT molecular complexity index is 85.7. The van der Waals surface area contributed by atoms with Crippen LogP contribution in [0, 0.1) is 5.92 Å². The first-order chi connectivity index (χ1) is 4.45. The van der Waals surface area contributed by atoms with E-state index in [1.807, 2.05) is 0 Å². The van der Waals surface area contributed by atoms with Gasteiger partial charge in [-0.05, 0) is 5.92 Å². The molecule has 0 saturated heterocycles. The average Bonchev–Trinajstić information content (AvgIpc) is 1.59. The number of hydrogen-bond donors (Lipinski definition) is 0. The lowest BCUT2D eigenvalue weighted by molar-refractivity contribution is -0.873. The first-order valence-corrected chi connectivity index (χ1v) is 4.04. The Morgan fingerprint density at radius 2 is 1.80 bits per heavy atom. The third-order valence-corrected chi connectivity index (χ3v) is 1.50. The quantitative estimate of drug-likeness (QED) is 0.411. The number of rotatable bonds is 4. The molecule has 0 amide bonds. The zero-order chi connectivity index (χ0) is 8.20. The van der Waals surface area contributed by atoms with E-state index in [2.05, 4.69) is 42.2 Å². The molecule has 0 heterocycles. The zero-order valence-corrected chi connectivity index (χ0v) is 8.02. The third-order valence-electron chi connectivity index (χ3n) is 1.50. The lowest BCUT2D eigenvalue weighted by Crippen LogP contribution is -2.38. The molecule has 1 radical (unpaired) electrons. The molecule has 0 rings (SSSR count). The summed E-state index contributed by atoms with van der Waals surface area (Å²) in [6.07, 6.45) is 1.25. The van der Waals surface area contributed by atoms with Gasteiger partial charge in [-0.1, -0.05) is 20.1 Å². The second-order valence-corrected chi connectivity index (χ2v) is 4.22. The highest BCUT2D eigenvalue weighted by atomic mass is 15.3. The van der Waals surface area contributed by atoms with Crippen LogP contribution in [0.5, 0.6) is 0 Å². The van der Waals surface area contributed by atoms with Crippen molar-refractivity contribution in [3.8, 4) is 0 Å². The van der Waals surface area contributed by atoms with Gasteiger partial charge in [-0.25, -0.2) is 0 Å². The zero-order valence-electron chi connectivity index (χ0n) is 8.02. The molecule has 0 aromatic heterocycles. The second kappa shape index (κ2) is 4.02. The summed E-state index contributed by atoms with van der Waals surface area (Å²) >= 11 is 0. The Morgan fingerprint density at radius 3 is 2.10 bits per heavy atom. The summed E-state index contributed by atoms with van der Waals surface area (Å²) in [7, 11) is 8.98. The van der Waals surface area contributed by atoms with Crippen LogP contribution in [0.4, 0.5) is 0 Å². The molecule has 10 heavy (non-hydrogen) atoms. The maximum absolute atomic E-state index is 2.31. The van der Waals surface area contributed by atoms with Gasteiger partial charge in [-0.2, -0.15) is 0 Å². The van der Waals surface area contributed by atoms with E-state index >= 15 is 0 Å². The van der Waals surface area contributed by atoms with E-state index in [4.69, 9.17) is 0 Å². The average molecular weight is 141 g/mol. The Hall–Kier alpha value is 0.0249. The highest BCUT2D eigenvalue weighted by Gasteiger charge is 2.12. The minimum Gasteiger partial charge on any atom is -0.331 e. The van der Waals surface area contributed by atoms with Crippen molar-refractivity contribution in [3.05, 3.63) is 0 Å². The topological polar surface area (TPSA) is 0 Å². The van der Waals surface area contributed by atoms with Crippen LogP contribution in [0.15, 0.2) is 0 Å². The first-order valence-electron chi connectivity index (χ1n) is 4.04. The van der Waals surface area contributed by atoms with E-state index in [0.29, 0.717) is 0 Å². The van der Waals surface area contributed by atoms with Gasteiger partial charge in [0.2, 0.25) is 0 Å². The monoisotopic (exact) mass is 141 g/mol. The smallest absolute Gasteiger partial charge is 0.106 e. The standard InChI is InChI=1S/C8H20BN/c1-8(6-9-2)7-10(3,4)5/h8H,6-7H2,1-5H3/q+1. The third kappa shape index (κ3) is 6.15. The van der Waals surface area contributed by atoms with Crippen LogP contribution in [-0.2, 0) is 0 Å². The van der Waals surface area contributed by atoms with Gasteiger partial charge < -0.3 is 4.48 Å². The van der Waals surface area contributed by atoms with Crippen LogP contribution in [-0.4, -0.2) is 39.5 Å². The van der Waals surface area contributed by atoms with Gasteiger partial charge in [0, 0.05) is 0 Å². The van der Waals surface area contributed by atoms with E-state index in [0.717, 1.165) is 10.4 Å². The maximum atomic E-state index is 2.31. The molecule has 0 aliphatic carbocycles. The van der Waals surface area contributed by atoms with Crippen molar-refractivity contribution in [3.63, 3.8) is 0 Å². The molecule has 0 N–H and O–H groups in total. The Kier molecular flexibility index (Phi) is 4.03. The molecule has 0 aliphatic heterocycles. The number of quaternary nitrogens is 1. The van der Waals surface area contributed by atoms with Crippen LogP contribution in [0.25, 0.3) is 0 Å². The van der Waals surface area contributed by atoms with Crippen LogP contribution >= 0.6 is 0 Å². The van der Waals surface area contributed by atoms with E-state index < -0.39 is 0 Å². The molecule has 59 valence electrons. The molecule has 2 heteroatoms. The van der Waals surface area contributed by atoms with Crippen molar-refractivity contribution in [2.75, 3.05) is 27.7 Å². The molecule has 0 bridgehead atoms. The van der Waals surface area contributed by atoms with E-state index in [1.165, 1.54) is 12.9 Å². The first kappa shape index (κ1) is 10.0. The SMILES string of the molecule is C[B]CC(C)C[N+](C)(C)C. The predicted octanol–water partition coefficient (Wildman–Crippen LogP) is 1.50. The van der Waals surface area contributed by atoms with Crippen LogP contribution in [0.2, 0.25) is 13.1 Å². The Labute approximate surface area is 66.3 Å². The molecule has 0 aromatic rings. The fourth-order valence-corrected chi connectivity index (χ4v) is 1.41. The molecule has 0 saturated carbocycles. The molecule has 0 aromatic carbocycles. The second-order valence-electron chi connectivity index (χ2n) is 4.22. The summed E-state index contributed by atoms with van der Waals surface area (Å²) in [6.45, 7) is 5.71. The van der Waals surface area contributed by atoms with Gasteiger partial charge in [-0.15, -0.1) is 0 Å². The van der Waals surface area contributed by atoms with Crippen molar-refractivity contribution in [2.45, 2.75) is 20.1 Å². The Balaban J connectivity index is 3.47. The van der Waals surface area contributed by atoms with Crippen LogP contribution in [0.3, 0.4) is 0 Å². The van der Waals surface area contributed by atoms with Gasteiger partial charge in [0.15, 0.2) is 0 Å². The number of nitrogens with zero attached hydrogens (tertiary/aromatic N) is 1. The Morgan fingerprint density at radius 1 is 1.30 bits per heavy atom. The molecular weight excluding hydrogens is 121 g/mol. The highest BCUT2D eigenvalue weighted by molar-refractivity contribution is 6.33. The summed E-state index contributed by atoms with van der Waals surface area (Å²) < 4.78 is 1.08. The number of hydrogen-bond acceptors (Lipinski definition) is 0. The predicted molar refractivity (Wildman–Crippen MR) is 48.5 cm³/mol. The van der Waals surface area contributed by atoms with Crippen molar-refractivity contribution >= 4 is 7.28 Å². The lowest BCUT2D eigenvalue weighted by Gasteiger charge is -2.27. The van der Waals surface area contributed by atoms with Gasteiger partial charge in [0.1, 0.15) is 7.28 Å². The van der Waals surface area contributed by atoms with E-state index in [9.17, 15) is 0 Å². The molecular formula is C8H20BN+. The fraction of sp³-hybridized carbons (Fsp3) is 1.00. The van der Waals surface area contributed by atoms with Gasteiger partial charge >= 0.3 is 0 Å². The van der Waals surface area contributed by atoms with Crippen molar-refractivity contribution < 1.29 is 4.48 Å². The summed E-state index contributed by atoms with van der Waals surface area (Å²) in [5.41, 5.74) is 0. The largest absolute Gasteiger partial charge is 0.331 e. The summed E-state index contributed by atoms with van der Waals surface area (Å²) in [5.74, 6) is 0.824. The molecule has 0 aliphatic rings. The highest BCUT2D eigenvalue weighted by Crippen LogP contribution is 2.06. The minimum absolute atomic E-state index is 0.824. The lowest BCUT2D eigenvalue weighted by atomic mass is 9.73. The fourth-order valence-electron chi connectivity index (χ4n) is 1.41. The molecule has 1 atom stereocenters. The maximum Gasteiger partial charge on any atom is 0.106 e. The van der Waals surface area contributed by atoms with Gasteiger partial charge in [0.25, 0.3) is 0 Å². The normalized spacial score (nSPS) is 14.9. The van der Waals surface area contributed by atoms with E-state index in [-0.39, 0.29) is 0 Å². The molecule has 1 unspecified atom stereocenters. The minimum atomic E-state index is 0.824. The molecule has 1 nitrogen and oxygen atoms in total. The molecule has 0 fully saturated rings. The summed E-state index contributed by atoms with van der Waals surface area (Å²) in [6, 6.07) is 0. The van der Waals surface area contributed by atoms with Crippen molar-refractivity contribution in [1.82, 2.24) is 0 Å². The van der Waals surface area contributed by atoms with Crippen molar-refractivity contribution in [2.24, 2.45) is 5.92 Å². The summed E-state index contributed by atoms with van der Waals surface area (Å²) in [4.78, 5) is 0. The van der Waals surface area contributed by atoms with Crippen molar-refractivity contribution in [1.29, 1.82) is 0 Å². The van der Waals surface area contributed by atoms with Gasteiger partial charge in [0.05, 0.1) is 27.7 Å². The van der Waals surface area contributed by atoms with Crippen LogP contribution in [0.1, 0.15) is 6.92 Å².